The highest BCUT2D eigenvalue weighted by Gasteiger charge is 2.12. The van der Waals surface area contributed by atoms with Gasteiger partial charge in [0, 0.05) is 31.3 Å². The zero-order valence-electron chi connectivity index (χ0n) is 11.1. The molecule has 1 unspecified atom stereocenters. The minimum absolute atomic E-state index is 0.147. The van der Waals surface area contributed by atoms with E-state index in [0.717, 1.165) is 17.7 Å². The van der Waals surface area contributed by atoms with Crippen LogP contribution in [0.2, 0.25) is 0 Å². The van der Waals surface area contributed by atoms with Crippen molar-refractivity contribution in [2.45, 2.75) is 33.4 Å². The zero-order valence-corrected chi connectivity index (χ0v) is 11.1. The van der Waals surface area contributed by atoms with Crippen molar-refractivity contribution in [1.82, 2.24) is 5.32 Å². The molecule has 1 atom stereocenters. The molecule has 0 fully saturated rings. The van der Waals surface area contributed by atoms with Crippen molar-refractivity contribution in [2.75, 3.05) is 13.2 Å². The van der Waals surface area contributed by atoms with Crippen molar-refractivity contribution in [1.29, 1.82) is 0 Å². The molecule has 1 rings (SSSR count). The van der Waals surface area contributed by atoms with Crippen LogP contribution in [0.5, 0.6) is 0 Å². The fourth-order valence-corrected chi connectivity index (χ4v) is 1.81. The highest BCUT2D eigenvalue weighted by atomic mass is 16.6. The van der Waals surface area contributed by atoms with E-state index in [2.05, 4.69) is 5.32 Å². The van der Waals surface area contributed by atoms with Gasteiger partial charge in [0.05, 0.1) is 11.0 Å². The third kappa shape index (κ3) is 4.09. The lowest BCUT2D eigenvalue weighted by Crippen LogP contribution is -2.26. The largest absolute Gasteiger partial charge is 0.377 e. The molecule has 0 aliphatic heterocycles. The SMILES string of the molecule is CCOC(C)CNCc1cccc([N+](=O)[O-])c1C. The first-order chi connectivity index (χ1) is 8.56. The molecule has 0 radical (unpaired) electrons. The fraction of sp³-hybridized carbons (Fsp3) is 0.538. The summed E-state index contributed by atoms with van der Waals surface area (Å²) in [6, 6.07) is 5.15. The molecule has 1 aromatic carbocycles. The van der Waals surface area contributed by atoms with Gasteiger partial charge < -0.3 is 10.1 Å². The van der Waals surface area contributed by atoms with Gasteiger partial charge in [0.2, 0.25) is 0 Å². The van der Waals surface area contributed by atoms with Gasteiger partial charge in [0.1, 0.15) is 0 Å². The molecule has 18 heavy (non-hydrogen) atoms. The quantitative estimate of drug-likeness (QED) is 0.598. The molecular weight excluding hydrogens is 232 g/mol. The van der Waals surface area contributed by atoms with Crippen LogP contribution < -0.4 is 5.32 Å². The highest BCUT2D eigenvalue weighted by Crippen LogP contribution is 2.20. The van der Waals surface area contributed by atoms with Crippen LogP contribution in [0.1, 0.15) is 25.0 Å². The minimum Gasteiger partial charge on any atom is -0.377 e. The molecule has 0 amide bonds. The third-order valence-electron chi connectivity index (χ3n) is 2.81. The van der Waals surface area contributed by atoms with E-state index < -0.39 is 0 Å². The zero-order chi connectivity index (χ0) is 13.5. The second kappa shape index (κ2) is 7.08. The molecule has 1 N–H and O–H groups in total. The Hall–Kier alpha value is -1.46. The number of nitro benzene ring substituents is 1. The van der Waals surface area contributed by atoms with E-state index >= 15 is 0 Å². The molecule has 1 aromatic rings. The predicted octanol–water partition coefficient (Wildman–Crippen LogP) is 2.42. The molecule has 0 aliphatic rings. The average molecular weight is 252 g/mol. The van der Waals surface area contributed by atoms with E-state index in [4.69, 9.17) is 4.74 Å². The summed E-state index contributed by atoms with van der Waals surface area (Å²) in [6.07, 6.45) is 0.147. The average Bonchev–Trinajstić information content (AvgIpc) is 2.31. The summed E-state index contributed by atoms with van der Waals surface area (Å²) in [6.45, 7) is 7.78. The third-order valence-corrected chi connectivity index (χ3v) is 2.81. The van der Waals surface area contributed by atoms with Gasteiger partial charge in [-0.3, -0.25) is 10.1 Å². The Labute approximate surface area is 107 Å². The molecule has 0 spiro atoms. The van der Waals surface area contributed by atoms with Crippen LogP contribution in [-0.4, -0.2) is 24.2 Å². The van der Waals surface area contributed by atoms with Gasteiger partial charge in [-0.25, -0.2) is 0 Å². The van der Waals surface area contributed by atoms with Gasteiger partial charge in [0.15, 0.2) is 0 Å². The molecule has 100 valence electrons. The van der Waals surface area contributed by atoms with Gasteiger partial charge in [-0.05, 0) is 26.3 Å². The van der Waals surface area contributed by atoms with Crippen LogP contribution in [0.3, 0.4) is 0 Å². The fourth-order valence-electron chi connectivity index (χ4n) is 1.81. The van der Waals surface area contributed by atoms with Gasteiger partial charge >= 0.3 is 0 Å². The Morgan fingerprint density at radius 1 is 1.50 bits per heavy atom. The first-order valence-electron chi connectivity index (χ1n) is 6.11. The van der Waals surface area contributed by atoms with Crippen molar-refractivity contribution in [3.63, 3.8) is 0 Å². The summed E-state index contributed by atoms with van der Waals surface area (Å²) in [5, 5.41) is 14.1. The Kier molecular flexibility index (Phi) is 5.74. The standard InChI is InChI=1S/C13H20N2O3/c1-4-18-10(2)8-14-9-12-6-5-7-13(11(12)3)15(16)17/h5-7,10,14H,4,8-9H2,1-3H3. The maximum atomic E-state index is 10.8. The van der Waals surface area contributed by atoms with Crippen LogP contribution in [0.25, 0.3) is 0 Å². The van der Waals surface area contributed by atoms with Crippen molar-refractivity contribution in [3.8, 4) is 0 Å². The number of nitrogens with one attached hydrogen (secondary N) is 1. The summed E-state index contributed by atoms with van der Waals surface area (Å²) in [5.41, 5.74) is 1.85. The number of nitro groups is 1. The first kappa shape index (κ1) is 14.6. The molecule has 0 aromatic heterocycles. The van der Waals surface area contributed by atoms with E-state index in [0.29, 0.717) is 13.2 Å². The van der Waals surface area contributed by atoms with E-state index in [9.17, 15) is 10.1 Å². The summed E-state index contributed by atoms with van der Waals surface area (Å²) in [4.78, 5) is 10.5. The van der Waals surface area contributed by atoms with Crippen LogP contribution in [0.4, 0.5) is 5.69 Å². The van der Waals surface area contributed by atoms with Crippen molar-refractivity contribution < 1.29 is 9.66 Å². The number of ether oxygens (including phenoxy) is 1. The highest BCUT2D eigenvalue weighted by molar-refractivity contribution is 5.44. The second-order valence-electron chi connectivity index (χ2n) is 4.22. The van der Waals surface area contributed by atoms with E-state index in [1.165, 1.54) is 6.07 Å². The number of nitrogens with zero attached hydrogens (tertiary/aromatic N) is 1. The van der Waals surface area contributed by atoms with E-state index in [-0.39, 0.29) is 16.7 Å². The van der Waals surface area contributed by atoms with Crippen molar-refractivity contribution in [2.24, 2.45) is 0 Å². The maximum Gasteiger partial charge on any atom is 0.272 e. The molecule has 0 heterocycles. The molecular formula is C13H20N2O3. The summed E-state index contributed by atoms with van der Waals surface area (Å²) >= 11 is 0. The topological polar surface area (TPSA) is 64.4 Å². The second-order valence-corrected chi connectivity index (χ2v) is 4.22. The Morgan fingerprint density at radius 2 is 2.22 bits per heavy atom. The lowest BCUT2D eigenvalue weighted by atomic mass is 10.1. The number of hydrogen-bond acceptors (Lipinski definition) is 4. The first-order valence-corrected chi connectivity index (χ1v) is 6.11. The molecule has 0 bridgehead atoms. The summed E-state index contributed by atoms with van der Waals surface area (Å²) in [7, 11) is 0. The Balaban J connectivity index is 2.57. The Morgan fingerprint density at radius 3 is 2.83 bits per heavy atom. The molecule has 0 aliphatic carbocycles. The lowest BCUT2D eigenvalue weighted by Gasteiger charge is -2.13. The number of hydrogen-bond donors (Lipinski definition) is 1. The van der Waals surface area contributed by atoms with Gasteiger partial charge in [-0.2, -0.15) is 0 Å². The molecule has 5 nitrogen and oxygen atoms in total. The minimum atomic E-state index is -0.346. The van der Waals surface area contributed by atoms with Gasteiger partial charge in [0.25, 0.3) is 5.69 Å². The summed E-state index contributed by atoms with van der Waals surface area (Å²) in [5.74, 6) is 0. The summed E-state index contributed by atoms with van der Waals surface area (Å²) < 4.78 is 5.40. The van der Waals surface area contributed by atoms with Crippen molar-refractivity contribution in [3.05, 3.63) is 39.4 Å². The predicted molar refractivity (Wildman–Crippen MR) is 70.6 cm³/mol. The van der Waals surface area contributed by atoms with E-state index in [1.54, 1.807) is 13.0 Å². The lowest BCUT2D eigenvalue weighted by molar-refractivity contribution is -0.385. The number of rotatable bonds is 7. The molecule has 0 saturated carbocycles. The van der Waals surface area contributed by atoms with Crippen LogP contribution >= 0.6 is 0 Å². The molecule has 0 saturated heterocycles. The van der Waals surface area contributed by atoms with Crippen LogP contribution in [0.15, 0.2) is 18.2 Å². The Bertz CT molecular complexity index is 407. The van der Waals surface area contributed by atoms with Crippen molar-refractivity contribution >= 4 is 5.69 Å². The normalized spacial score (nSPS) is 12.4. The van der Waals surface area contributed by atoms with E-state index in [1.807, 2.05) is 19.9 Å². The van der Waals surface area contributed by atoms with Crippen LogP contribution in [0, 0.1) is 17.0 Å². The van der Waals surface area contributed by atoms with Gasteiger partial charge in [-0.15, -0.1) is 0 Å². The monoisotopic (exact) mass is 252 g/mol. The van der Waals surface area contributed by atoms with Crippen LogP contribution in [-0.2, 0) is 11.3 Å². The maximum absolute atomic E-state index is 10.8. The molecule has 5 heteroatoms. The smallest absolute Gasteiger partial charge is 0.272 e. The van der Waals surface area contributed by atoms with Gasteiger partial charge in [-0.1, -0.05) is 12.1 Å². The number of benzene rings is 1.